The second kappa shape index (κ2) is 4.93. The summed E-state index contributed by atoms with van der Waals surface area (Å²) in [5.74, 6) is -4.92. The zero-order chi connectivity index (χ0) is 15.1. The maximum Gasteiger partial charge on any atom is 0.234 e. The molecule has 0 radical (unpaired) electrons. The molecule has 0 aliphatic rings. The van der Waals surface area contributed by atoms with Gasteiger partial charge in [0.2, 0.25) is 5.78 Å². The molecular weight excluding hydrogens is 305 g/mol. The number of furan rings is 1. The highest BCUT2D eigenvalue weighted by Crippen LogP contribution is 2.26. The molecule has 1 aromatic heterocycles. The van der Waals surface area contributed by atoms with Crippen LogP contribution in [-0.2, 0) is 0 Å². The van der Waals surface area contributed by atoms with Crippen molar-refractivity contribution in [2.75, 3.05) is 0 Å². The van der Waals surface area contributed by atoms with E-state index in [-0.39, 0.29) is 5.76 Å². The van der Waals surface area contributed by atoms with Crippen molar-refractivity contribution in [3.63, 3.8) is 0 Å². The molecule has 3 aromatic rings. The molecule has 2 aromatic carbocycles. The van der Waals surface area contributed by atoms with Gasteiger partial charge in [-0.1, -0.05) is 11.6 Å². The van der Waals surface area contributed by atoms with E-state index in [0.29, 0.717) is 28.1 Å². The smallest absolute Gasteiger partial charge is 0.234 e. The Labute approximate surface area is 121 Å². The topological polar surface area (TPSA) is 30.2 Å². The van der Waals surface area contributed by atoms with Gasteiger partial charge < -0.3 is 4.42 Å². The van der Waals surface area contributed by atoms with Gasteiger partial charge in [-0.15, -0.1) is 0 Å². The first-order valence-electron chi connectivity index (χ1n) is 5.84. The summed E-state index contributed by atoms with van der Waals surface area (Å²) in [6.45, 7) is 0. The van der Waals surface area contributed by atoms with Crippen LogP contribution in [0.2, 0.25) is 5.02 Å². The van der Waals surface area contributed by atoms with Gasteiger partial charge in [0.25, 0.3) is 0 Å². The summed E-state index contributed by atoms with van der Waals surface area (Å²) in [6.07, 6.45) is 0. The highest BCUT2D eigenvalue weighted by Gasteiger charge is 2.23. The number of hydrogen-bond acceptors (Lipinski definition) is 2. The van der Waals surface area contributed by atoms with Crippen molar-refractivity contribution in [3.8, 4) is 0 Å². The van der Waals surface area contributed by atoms with Crippen molar-refractivity contribution in [3.05, 3.63) is 70.2 Å². The van der Waals surface area contributed by atoms with Crippen LogP contribution in [0.3, 0.4) is 0 Å². The maximum absolute atomic E-state index is 13.6. The average molecular weight is 311 g/mol. The molecule has 0 bridgehead atoms. The Bertz CT molecular complexity index is 847. The van der Waals surface area contributed by atoms with Gasteiger partial charge in [-0.2, -0.15) is 0 Å². The van der Waals surface area contributed by atoms with E-state index in [0.717, 1.165) is 0 Å². The summed E-state index contributed by atoms with van der Waals surface area (Å²) >= 11 is 5.80. The molecule has 0 amide bonds. The number of ketones is 1. The van der Waals surface area contributed by atoms with Gasteiger partial charge in [0.1, 0.15) is 23.0 Å². The third-order valence-electron chi connectivity index (χ3n) is 2.94. The first-order chi connectivity index (χ1) is 9.95. The molecule has 0 N–H and O–H groups in total. The van der Waals surface area contributed by atoms with Crippen LogP contribution in [0.15, 0.2) is 40.8 Å². The van der Waals surface area contributed by atoms with Gasteiger partial charge in [0.05, 0.1) is 5.56 Å². The first-order valence-corrected chi connectivity index (χ1v) is 6.22. The van der Waals surface area contributed by atoms with Crippen LogP contribution in [0.1, 0.15) is 16.1 Å². The summed E-state index contributed by atoms with van der Waals surface area (Å²) in [5, 5.41) is 0.954. The molecule has 0 atom stereocenters. The Kier molecular flexibility index (Phi) is 3.22. The van der Waals surface area contributed by atoms with Crippen molar-refractivity contribution in [1.82, 2.24) is 0 Å². The van der Waals surface area contributed by atoms with Crippen LogP contribution in [-0.4, -0.2) is 5.78 Å². The van der Waals surface area contributed by atoms with Crippen molar-refractivity contribution >= 4 is 28.4 Å². The van der Waals surface area contributed by atoms with E-state index >= 15 is 0 Å². The molecule has 2 nitrogen and oxygen atoms in total. The van der Waals surface area contributed by atoms with E-state index in [2.05, 4.69) is 0 Å². The Hall–Kier alpha value is -2.27. The minimum Gasteiger partial charge on any atom is -0.453 e. The summed E-state index contributed by atoms with van der Waals surface area (Å²) in [6, 6.07) is 6.85. The zero-order valence-corrected chi connectivity index (χ0v) is 11.0. The molecule has 3 rings (SSSR count). The second-order valence-electron chi connectivity index (χ2n) is 4.37. The van der Waals surface area contributed by atoms with Crippen LogP contribution in [0, 0.1) is 17.5 Å². The van der Waals surface area contributed by atoms with E-state index < -0.39 is 28.8 Å². The molecule has 21 heavy (non-hydrogen) atoms. The van der Waals surface area contributed by atoms with Crippen LogP contribution in [0.4, 0.5) is 13.2 Å². The minimum absolute atomic E-state index is 0.253. The fourth-order valence-electron chi connectivity index (χ4n) is 2.01. The zero-order valence-electron chi connectivity index (χ0n) is 10.3. The number of carbonyl (C=O) groups excluding carboxylic acids is 1. The highest BCUT2D eigenvalue weighted by molar-refractivity contribution is 6.31. The van der Waals surface area contributed by atoms with Crippen LogP contribution < -0.4 is 0 Å². The third-order valence-corrected chi connectivity index (χ3v) is 3.17. The molecular formula is C15H6ClF3O2. The van der Waals surface area contributed by atoms with Crippen molar-refractivity contribution in [1.29, 1.82) is 0 Å². The van der Waals surface area contributed by atoms with Gasteiger partial charge in [-0.25, -0.2) is 13.2 Å². The number of rotatable bonds is 2. The first kappa shape index (κ1) is 13.7. The molecule has 0 fully saturated rings. The van der Waals surface area contributed by atoms with E-state index in [1.165, 1.54) is 12.1 Å². The predicted molar refractivity (Wildman–Crippen MR) is 71.0 cm³/mol. The molecule has 0 saturated carbocycles. The van der Waals surface area contributed by atoms with E-state index in [9.17, 15) is 18.0 Å². The van der Waals surface area contributed by atoms with E-state index in [4.69, 9.17) is 16.0 Å². The quantitative estimate of drug-likeness (QED) is 0.640. The number of carbonyl (C=O) groups is 1. The number of halogens is 4. The SMILES string of the molecule is O=C(c1cc2cc(Cl)ccc2o1)c1c(F)cc(F)cc1F. The Balaban J connectivity index is 2.12. The normalized spacial score (nSPS) is 11.0. The molecule has 0 aliphatic carbocycles. The van der Waals surface area contributed by atoms with E-state index in [1.807, 2.05) is 0 Å². The predicted octanol–water partition coefficient (Wildman–Crippen LogP) is 4.73. The van der Waals surface area contributed by atoms with Crippen LogP contribution in [0.5, 0.6) is 0 Å². The van der Waals surface area contributed by atoms with Gasteiger partial charge in [-0.05, 0) is 24.3 Å². The average Bonchev–Trinajstić information content (AvgIpc) is 2.80. The Morgan fingerprint density at radius 2 is 1.67 bits per heavy atom. The Morgan fingerprint density at radius 3 is 2.33 bits per heavy atom. The third kappa shape index (κ3) is 2.40. The van der Waals surface area contributed by atoms with Gasteiger partial charge in [0.15, 0.2) is 5.76 Å². The van der Waals surface area contributed by atoms with Gasteiger partial charge in [-0.3, -0.25) is 4.79 Å². The van der Waals surface area contributed by atoms with Crippen molar-refractivity contribution in [2.45, 2.75) is 0 Å². The molecule has 0 spiro atoms. The molecule has 0 unspecified atom stereocenters. The van der Waals surface area contributed by atoms with Crippen LogP contribution in [0.25, 0.3) is 11.0 Å². The lowest BCUT2D eigenvalue weighted by Gasteiger charge is -2.02. The monoisotopic (exact) mass is 310 g/mol. The number of benzene rings is 2. The number of hydrogen-bond donors (Lipinski definition) is 0. The van der Waals surface area contributed by atoms with E-state index in [1.54, 1.807) is 12.1 Å². The highest BCUT2D eigenvalue weighted by atomic mass is 35.5. The largest absolute Gasteiger partial charge is 0.453 e. The molecule has 1 heterocycles. The summed E-state index contributed by atoms with van der Waals surface area (Å²) in [4.78, 5) is 12.1. The van der Waals surface area contributed by atoms with Crippen LogP contribution >= 0.6 is 11.6 Å². The standard InChI is InChI=1S/C15H6ClF3O2/c16-8-1-2-12-7(3-8)4-13(21-12)15(20)14-10(18)5-9(17)6-11(14)19/h1-6H. The summed E-state index contributed by atoms with van der Waals surface area (Å²) < 4.78 is 45.3. The van der Waals surface area contributed by atoms with Crippen molar-refractivity contribution in [2.24, 2.45) is 0 Å². The molecule has 0 aliphatic heterocycles. The molecule has 6 heteroatoms. The fourth-order valence-corrected chi connectivity index (χ4v) is 2.19. The maximum atomic E-state index is 13.6. The number of fused-ring (bicyclic) bond motifs is 1. The minimum atomic E-state index is -1.28. The lowest BCUT2D eigenvalue weighted by molar-refractivity contribution is 0.100. The molecule has 106 valence electrons. The van der Waals surface area contributed by atoms with Gasteiger partial charge >= 0.3 is 0 Å². The summed E-state index contributed by atoms with van der Waals surface area (Å²) in [5.41, 5.74) is -0.507. The molecule has 0 saturated heterocycles. The van der Waals surface area contributed by atoms with Crippen molar-refractivity contribution < 1.29 is 22.4 Å². The fraction of sp³-hybridized carbons (Fsp3) is 0. The van der Waals surface area contributed by atoms with Gasteiger partial charge in [0, 0.05) is 22.5 Å². The lowest BCUT2D eigenvalue weighted by atomic mass is 10.1. The lowest BCUT2D eigenvalue weighted by Crippen LogP contribution is -2.07. The second-order valence-corrected chi connectivity index (χ2v) is 4.80. The summed E-state index contributed by atoms with van der Waals surface area (Å²) in [7, 11) is 0. The Morgan fingerprint density at radius 1 is 1.00 bits per heavy atom.